The average molecular weight is 272 g/mol. The maximum Gasteiger partial charge on any atom is 0.261 e. The third kappa shape index (κ3) is 2.25. The standard InChI is InChI=1S/C10H7Cl2N3O2/c1-4(16)14-15-9-6-2-5(11)3-7(12)8(6)13-10(9)17/h2-3,13,17H,1H3. The topological polar surface area (TPSA) is 77.8 Å². The van der Waals surface area contributed by atoms with Crippen molar-refractivity contribution in [1.29, 1.82) is 0 Å². The second kappa shape index (κ2) is 4.35. The van der Waals surface area contributed by atoms with Gasteiger partial charge in [0.15, 0.2) is 5.69 Å². The molecule has 2 N–H and O–H groups in total. The van der Waals surface area contributed by atoms with Crippen LogP contribution in [0.1, 0.15) is 6.92 Å². The van der Waals surface area contributed by atoms with Crippen molar-refractivity contribution in [2.75, 3.05) is 0 Å². The number of hydrogen-bond acceptors (Lipinski definition) is 3. The fraction of sp³-hybridized carbons (Fsp3) is 0.100. The normalized spacial score (nSPS) is 11.5. The predicted octanol–water partition coefficient (Wildman–Crippen LogP) is 3.81. The lowest BCUT2D eigenvalue weighted by atomic mass is 10.2. The summed E-state index contributed by atoms with van der Waals surface area (Å²) in [6.45, 7) is 1.26. The second-order valence-electron chi connectivity index (χ2n) is 3.35. The number of carbonyl (C=O) groups is 1. The van der Waals surface area contributed by atoms with Crippen LogP contribution in [0.3, 0.4) is 0 Å². The first-order valence-electron chi connectivity index (χ1n) is 4.61. The molecule has 0 saturated heterocycles. The van der Waals surface area contributed by atoms with Crippen LogP contribution >= 0.6 is 23.2 Å². The number of carbonyl (C=O) groups excluding carboxylic acids is 1. The van der Waals surface area contributed by atoms with Crippen LogP contribution < -0.4 is 0 Å². The van der Waals surface area contributed by atoms with Gasteiger partial charge in [-0.05, 0) is 12.1 Å². The van der Waals surface area contributed by atoms with Gasteiger partial charge in [-0.25, -0.2) is 0 Å². The van der Waals surface area contributed by atoms with E-state index in [1.807, 2.05) is 0 Å². The van der Waals surface area contributed by atoms with Gasteiger partial charge in [-0.1, -0.05) is 23.2 Å². The van der Waals surface area contributed by atoms with Gasteiger partial charge in [0.05, 0.1) is 10.5 Å². The molecule has 1 heterocycles. The van der Waals surface area contributed by atoms with Gasteiger partial charge in [0, 0.05) is 17.3 Å². The first kappa shape index (κ1) is 11.9. The Bertz CT molecular complexity index is 634. The highest BCUT2D eigenvalue weighted by Crippen LogP contribution is 2.39. The predicted molar refractivity (Wildman–Crippen MR) is 65.2 cm³/mol. The van der Waals surface area contributed by atoms with E-state index in [0.717, 1.165) is 0 Å². The molecule has 1 aromatic heterocycles. The van der Waals surface area contributed by atoms with Gasteiger partial charge in [-0.3, -0.25) is 4.79 Å². The number of nitrogens with zero attached hydrogens (tertiary/aromatic N) is 2. The number of hydrogen-bond donors (Lipinski definition) is 2. The average Bonchev–Trinajstić information content (AvgIpc) is 2.52. The van der Waals surface area contributed by atoms with E-state index in [1.54, 1.807) is 6.07 Å². The zero-order chi connectivity index (χ0) is 12.6. The fourth-order valence-corrected chi connectivity index (χ4v) is 1.95. The number of azo groups is 1. The molecule has 0 radical (unpaired) electrons. The van der Waals surface area contributed by atoms with Crippen molar-refractivity contribution in [3.8, 4) is 5.88 Å². The first-order chi connectivity index (χ1) is 7.99. The van der Waals surface area contributed by atoms with Gasteiger partial charge in [0.1, 0.15) is 0 Å². The van der Waals surface area contributed by atoms with Crippen LogP contribution in [0.2, 0.25) is 10.0 Å². The number of aromatic hydroxyl groups is 1. The van der Waals surface area contributed by atoms with Gasteiger partial charge < -0.3 is 10.1 Å². The minimum atomic E-state index is -0.466. The van der Waals surface area contributed by atoms with Crippen LogP contribution in [0.15, 0.2) is 22.4 Å². The first-order valence-corrected chi connectivity index (χ1v) is 5.36. The zero-order valence-electron chi connectivity index (χ0n) is 8.66. The van der Waals surface area contributed by atoms with E-state index < -0.39 is 5.91 Å². The van der Waals surface area contributed by atoms with Crippen LogP contribution in [0, 0.1) is 0 Å². The Hall–Kier alpha value is -1.59. The molecule has 0 fully saturated rings. The molecule has 1 aromatic carbocycles. The molecule has 0 saturated carbocycles. The molecule has 88 valence electrons. The highest BCUT2D eigenvalue weighted by Gasteiger charge is 2.14. The smallest absolute Gasteiger partial charge is 0.261 e. The third-order valence-corrected chi connectivity index (χ3v) is 2.58. The van der Waals surface area contributed by atoms with E-state index in [-0.39, 0.29) is 11.6 Å². The Labute approximate surface area is 106 Å². The molecule has 0 aliphatic heterocycles. The van der Waals surface area contributed by atoms with Crippen molar-refractivity contribution in [1.82, 2.24) is 4.98 Å². The van der Waals surface area contributed by atoms with Crippen molar-refractivity contribution < 1.29 is 9.90 Å². The van der Waals surface area contributed by atoms with Gasteiger partial charge in [-0.15, -0.1) is 10.2 Å². The van der Waals surface area contributed by atoms with Crippen LogP contribution in [-0.2, 0) is 4.79 Å². The molecule has 0 bridgehead atoms. The Morgan fingerprint density at radius 2 is 2.12 bits per heavy atom. The summed E-state index contributed by atoms with van der Waals surface area (Å²) in [5.74, 6) is -0.680. The lowest BCUT2D eigenvalue weighted by Crippen LogP contribution is -1.77. The second-order valence-corrected chi connectivity index (χ2v) is 4.20. The number of nitrogens with one attached hydrogen (secondary N) is 1. The number of halogens is 2. The third-order valence-electron chi connectivity index (χ3n) is 2.07. The van der Waals surface area contributed by atoms with Crippen LogP contribution in [0.5, 0.6) is 5.88 Å². The minimum absolute atomic E-state index is 0.139. The number of rotatable bonds is 1. The summed E-state index contributed by atoms with van der Waals surface area (Å²) in [7, 11) is 0. The maximum atomic E-state index is 10.7. The van der Waals surface area contributed by atoms with E-state index in [0.29, 0.717) is 20.9 Å². The van der Waals surface area contributed by atoms with E-state index in [2.05, 4.69) is 15.2 Å². The Morgan fingerprint density at radius 3 is 2.76 bits per heavy atom. The molecule has 2 aromatic rings. The van der Waals surface area contributed by atoms with E-state index >= 15 is 0 Å². The highest BCUT2D eigenvalue weighted by molar-refractivity contribution is 6.38. The monoisotopic (exact) mass is 271 g/mol. The molecule has 7 heteroatoms. The summed E-state index contributed by atoms with van der Waals surface area (Å²) in [4.78, 5) is 13.4. The van der Waals surface area contributed by atoms with Crippen molar-refractivity contribution in [2.45, 2.75) is 6.92 Å². The van der Waals surface area contributed by atoms with Gasteiger partial charge in [0.2, 0.25) is 5.88 Å². The summed E-state index contributed by atoms with van der Waals surface area (Å²) < 4.78 is 0. The minimum Gasteiger partial charge on any atom is -0.493 e. The van der Waals surface area contributed by atoms with Gasteiger partial charge >= 0.3 is 0 Å². The SMILES string of the molecule is CC(=O)N=Nc1c(O)[nH]c2c(Cl)cc(Cl)cc12. The molecular formula is C10H7Cl2N3O2. The van der Waals surface area contributed by atoms with Gasteiger partial charge in [-0.2, -0.15) is 0 Å². The molecule has 17 heavy (non-hydrogen) atoms. The van der Waals surface area contributed by atoms with Crippen molar-refractivity contribution in [3.05, 3.63) is 22.2 Å². The Kier molecular flexibility index (Phi) is 3.04. The van der Waals surface area contributed by atoms with E-state index in [4.69, 9.17) is 23.2 Å². The summed E-state index contributed by atoms with van der Waals surface area (Å²) in [5.41, 5.74) is 0.630. The Morgan fingerprint density at radius 1 is 1.41 bits per heavy atom. The molecule has 0 spiro atoms. The molecule has 0 atom stereocenters. The molecule has 0 aliphatic carbocycles. The number of amides is 1. The Balaban J connectivity index is 2.70. The lowest BCUT2D eigenvalue weighted by molar-refractivity contribution is -0.116. The number of benzene rings is 1. The van der Waals surface area contributed by atoms with E-state index in [9.17, 15) is 9.90 Å². The van der Waals surface area contributed by atoms with Crippen LogP contribution in [0.25, 0.3) is 10.9 Å². The fourth-order valence-electron chi connectivity index (χ4n) is 1.41. The van der Waals surface area contributed by atoms with Crippen LogP contribution in [-0.4, -0.2) is 16.0 Å². The van der Waals surface area contributed by atoms with Crippen molar-refractivity contribution in [2.24, 2.45) is 10.2 Å². The number of H-pyrrole nitrogens is 1. The number of aromatic nitrogens is 1. The summed E-state index contributed by atoms with van der Waals surface area (Å²) in [6.07, 6.45) is 0. The van der Waals surface area contributed by atoms with E-state index in [1.165, 1.54) is 13.0 Å². The molecule has 1 amide bonds. The van der Waals surface area contributed by atoms with Gasteiger partial charge in [0.25, 0.3) is 5.91 Å². The lowest BCUT2D eigenvalue weighted by Gasteiger charge is -1.95. The summed E-state index contributed by atoms with van der Waals surface area (Å²) in [6, 6.07) is 3.11. The maximum absolute atomic E-state index is 10.7. The molecule has 0 unspecified atom stereocenters. The quantitative estimate of drug-likeness (QED) is 0.774. The molecule has 2 rings (SSSR count). The van der Waals surface area contributed by atoms with Crippen LogP contribution in [0.4, 0.5) is 5.69 Å². The van der Waals surface area contributed by atoms with Crippen molar-refractivity contribution in [3.63, 3.8) is 0 Å². The molecule has 0 aliphatic rings. The largest absolute Gasteiger partial charge is 0.493 e. The number of aromatic amines is 1. The molecule has 5 nitrogen and oxygen atoms in total. The summed E-state index contributed by atoms with van der Waals surface area (Å²) in [5, 5.41) is 17.9. The highest BCUT2D eigenvalue weighted by atomic mass is 35.5. The zero-order valence-corrected chi connectivity index (χ0v) is 10.2. The summed E-state index contributed by atoms with van der Waals surface area (Å²) >= 11 is 11.8. The molecular weight excluding hydrogens is 265 g/mol. The van der Waals surface area contributed by atoms with Crippen molar-refractivity contribution >= 4 is 45.7 Å². The number of fused-ring (bicyclic) bond motifs is 1.